The van der Waals surface area contributed by atoms with E-state index in [1.54, 1.807) is 12.1 Å². The molecule has 0 aromatic heterocycles. The van der Waals surface area contributed by atoms with Crippen LogP contribution in [0.2, 0.25) is 5.02 Å². The van der Waals surface area contributed by atoms with E-state index in [2.05, 4.69) is 15.5 Å². The molecule has 1 fully saturated rings. The van der Waals surface area contributed by atoms with Crippen molar-refractivity contribution in [3.05, 3.63) is 52.8 Å². The number of ether oxygens (including phenoxy) is 2. The summed E-state index contributed by atoms with van der Waals surface area (Å²) in [6.45, 7) is 4.77. The lowest BCUT2D eigenvalue weighted by Gasteiger charge is -2.36. The number of hydrogen-bond acceptors (Lipinski definition) is 7. The molecule has 2 aromatic rings. The van der Waals surface area contributed by atoms with E-state index in [-0.39, 0.29) is 28.1 Å². The van der Waals surface area contributed by atoms with Gasteiger partial charge in [0.05, 0.1) is 42.1 Å². The Morgan fingerprint density at radius 1 is 1.18 bits per heavy atom. The molecule has 2 unspecified atom stereocenters. The fourth-order valence-electron chi connectivity index (χ4n) is 3.81. The van der Waals surface area contributed by atoms with Crippen molar-refractivity contribution in [2.24, 2.45) is 0 Å². The number of carboxylic acid groups (broad SMARTS) is 1. The van der Waals surface area contributed by atoms with E-state index in [1.807, 2.05) is 0 Å². The highest BCUT2D eigenvalue weighted by atomic mass is 35.5. The van der Waals surface area contributed by atoms with Crippen LogP contribution in [0, 0.1) is 5.82 Å². The maximum Gasteiger partial charge on any atom is 0.300 e. The van der Waals surface area contributed by atoms with E-state index in [4.69, 9.17) is 31.0 Å². The summed E-state index contributed by atoms with van der Waals surface area (Å²) in [4.78, 5) is 35.3. The number of aliphatic hydroxyl groups excluding tert-OH is 1. The number of hydrogen-bond donors (Lipinski definition) is 4. The van der Waals surface area contributed by atoms with Crippen LogP contribution in [-0.4, -0.2) is 78.4 Å². The first-order valence-corrected chi connectivity index (χ1v) is 12.3. The van der Waals surface area contributed by atoms with Crippen LogP contribution in [0.15, 0.2) is 36.4 Å². The predicted molar refractivity (Wildman–Crippen MR) is 140 cm³/mol. The average molecular weight is 554 g/mol. The molecule has 10 nitrogen and oxygen atoms in total. The van der Waals surface area contributed by atoms with Crippen molar-refractivity contribution in [3.63, 3.8) is 0 Å². The zero-order valence-corrected chi connectivity index (χ0v) is 22.3. The number of amides is 2. The van der Waals surface area contributed by atoms with Crippen molar-refractivity contribution in [2.75, 3.05) is 38.7 Å². The number of likely N-dealkylation sites (tertiary alicyclic amines) is 1. The molecule has 1 heterocycles. The smallest absolute Gasteiger partial charge is 0.300 e. The van der Waals surface area contributed by atoms with Gasteiger partial charge < -0.3 is 35.2 Å². The summed E-state index contributed by atoms with van der Waals surface area (Å²) < 4.78 is 23.8. The third-order valence-corrected chi connectivity index (χ3v) is 5.84. The van der Waals surface area contributed by atoms with E-state index in [1.165, 1.54) is 38.3 Å². The second-order valence-electron chi connectivity index (χ2n) is 8.63. The van der Waals surface area contributed by atoms with Crippen molar-refractivity contribution < 1.29 is 38.5 Å². The Morgan fingerprint density at radius 3 is 2.42 bits per heavy atom. The summed E-state index contributed by atoms with van der Waals surface area (Å²) in [6.07, 6.45) is 0.583. The van der Waals surface area contributed by atoms with Gasteiger partial charge in [0, 0.05) is 39.5 Å². The highest BCUT2D eigenvalue weighted by molar-refractivity contribution is 6.34. The zero-order valence-electron chi connectivity index (χ0n) is 21.5. The molecule has 0 aliphatic carbocycles. The Hall–Kier alpha value is -3.41. The molecule has 0 saturated carbocycles. The van der Waals surface area contributed by atoms with Crippen molar-refractivity contribution in [1.82, 2.24) is 10.2 Å². The Kier molecular flexibility index (Phi) is 12.3. The quantitative estimate of drug-likeness (QED) is 0.347. The van der Waals surface area contributed by atoms with Crippen LogP contribution in [0.3, 0.4) is 0 Å². The number of carbonyl (C=O) groups is 3. The number of carboxylic acids is 1. The van der Waals surface area contributed by atoms with Gasteiger partial charge in [0.1, 0.15) is 17.3 Å². The number of halogens is 2. The molecule has 2 amide bonds. The Bertz CT molecular complexity index is 1100. The summed E-state index contributed by atoms with van der Waals surface area (Å²) in [7, 11) is 1.42. The molecule has 2 aromatic carbocycles. The van der Waals surface area contributed by atoms with Crippen molar-refractivity contribution in [1.29, 1.82) is 0 Å². The highest BCUT2D eigenvalue weighted by Gasteiger charge is 2.30. The summed E-state index contributed by atoms with van der Waals surface area (Å²) in [6, 6.07) is 8.39. The van der Waals surface area contributed by atoms with Gasteiger partial charge in [-0.2, -0.15) is 0 Å². The molecule has 0 radical (unpaired) electrons. The zero-order chi connectivity index (χ0) is 28.2. The molecule has 0 bridgehead atoms. The van der Waals surface area contributed by atoms with E-state index in [0.29, 0.717) is 37.6 Å². The van der Waals surface area contributed by atoms with E-state index in [9.17, 15) is 19.1 Å². The normalized spacial score (nSPS) is 17.0. The Balaban J connectivity index is 0.00000118. The summed E-state index contributed by atoms with van der Waals surface area (Å²) in [5.74, 6) is -0.974. The van der Waals surface area contributed by atoms with E-state index < -0.39 is 24.0 Å². The summed E-state index contributed by atoms with van der Waals surface area (Å²) >= 11 is 6.21. The van der Waals surface area contributed by atoms with Gasteiger partial charge in [0.25, 0.3) is 11.9 Å². The lowest BCUT2D eigenvalue weighted by atomic mass is 10.0. The highest BCUT2D eigenvalue weighted by Crippen LogP contribution is 2.31. The second-order valence-corrected chi connectivity index (χ2v) is 9.03. The maximum atomic E-state index is 12.9. The molecule has 1 aliphatic heterocycles. The minimum atomic E-state index is -0.833. The van der Waals surface area contributed by atoms with E-state index in [0.717, 1.165) is 19.9 Å². The third kappa shape index (κ3) is 10.2. The SMILES string of the molecule is CC(=O)O.COc1cc(NC(C)=O)c(Cl)cc1C(=O)NC1CCN(CCCOc2ccc(F)cc2)CC1O. The van der Waals surface area contributed by atoms with Crippen LogP contribution in [0.5, 0.6) is 11.5 Å². The van der Waals surface area contributed by atoms with Crippen LogP contribution in [0.4, 0.5) is 10.1 Å². The molecular weight excluding hydrogens is 521 g/mol. The van der Waals surface area contributed by atoms with Crippen LogP contribution in [-0.2, 0) is 9.59 Å². The number of anilines is 1. The lowest BCUT2D eigenvalue weighted by molar-refractivity contribution is -0.134. The van der Waals surface area contributed by atoms with Gasteiger partial charge >= 0.3 is 0 Å². The number of aliphatic carboxylic acids is 1. The standard InChI is InChI=1S/C24H29ClFN3O5.C2H4O2/c1-15(30)27-21-13-23(33-2)18(12-19(21)25)24(32)28-20-8-10-29(14-22(20)31)9-3-11-34-17-6-4-16(26)5-7-17;1-2(3)4/h4-7,12-13,20,22,31H,3,8-11,14H2,1-2H3,(H,27,30)(H,28,32);1H3,(H,3,4). The third-order valence-electron chi connectivity index (χ3n) is 5.53. The fourth-order valence-corrected chi connectivity index (χ4v) is 4.02. The molecule has 38 heavy (non-hydrogen) atoms. The first-order chi connectivity index (χ1) is 18.0. The summed E-state index contributed by atoms with van der Waals surface area (Å²) in [5.41, 5.74) is 0.563. The first kappa shape index (κ1) is 30.8. The first-order valence-electron chi connectivity index (χ1n) is 11.9. The van der Waals surface area contributed by atoms with E-state index >= 15 is 0 Å². The van der Waals surface area contributed by atoms with Gasteiger partial charge in [0.15, 0.2) is 0 Å². The minimum absolute atomic E-state index is 0.208. The number of benzene rings is 2. The summed E-state index contributed by atoms with van der Waals surface area (Å²) in [5, 5.41) is 23.7. The van der Waals surface area contributed by atoms with Crippen molar-refractivity contribution >= 4 is 35.1 Å². The van der Waals surface area contributed by atoms with Gasteiger partial charge in [-0.05, 0) is 43.2 Å². The molecular formula is C26H33ClFN3O7. The topological polar surface area (TPSA) is 137 Å². The van der Waals surface area contributed by atoms with Gasteiger partial charge in [-0.1, -0.05) is 11.6 Å². The molecule has 1 saturated heterocycles. The molecule has 208 valence electrons. The monoisotopic (exact) mass is 553 g/mol. The van der Waals surface area contributed by atoms with Gasteiger partial charge in [0.2, 0.25) is 5.91 Å². The molecule has 12 heteroatoms. The number of carbonyl (C=O) groups excluding carboxylic acids is 2. The molecule has 2 atom stereocenters. The maximum absolute atomic E-state index is 12.9. The number of piperidine rings is 1. The van der Waals surface area contributed by atoms with Crippen molar-refractivity contribution in [3.8, 4) is 11.5 Å². The number of rotatable bonds is 9. The molecule has 3 rings (SSSR count). The van der Waals surface area contributed by atoms with Gasteiger partial charge in [-0.25, -0.2) is 4.39 Å². The van der Waals surface area contributed by atoms with Crippen LogP contribution >= 0.6 is 11.6 Å². The Labute approximate surface area is 225 Å². The number of β-amino-alcohol motifs (C(OH)–C–C–N with tert-alkyl or cyclic N) is 1. The number of nitrogens with one attached hydrogen (secondary N) is 2. The molecule has 4 N–H and O–H groups in total. The lowest BCUT2D eigenvalue weighted by Crippen LogP contribution is -2.54. The largest absolute Gasteiger partial charge is 0.496 e. The van der Waals surface area contributed by atoms with Crippen LogP contribution < -0.4 is 20.1 Å². The van der Waals surface area contributed by atoms with Gasteiger partial charge in [-0.3, -0.25) is 14.4 Å². The number of aliphatic hydroxyl groups is 1. The Morgan fingerprint density at radius 2 is 1.84 bits per heavy atom. The fraction of sp³-hybridized carbons (Fsp3) is 0.423. The molecule has 1 aliphatic rings. The average Bonchev–Trinajstić information content (AvgIpc) is 2.85. The van der Waals surface area contributed by atoms with Crippen LogP contribution in [0.1, 0.15) is 37.0 Å². The van der Waals surface area contributed by atoms with Crippen LogP contribution in [0.25, 0.3) is 0 Å². The van der Waals surface area contributed by atoms with Gasteiger partial charge in [-0.15, -0.1) is 0 Å². The van der Waals surface area contributed by atoms with Crippen molar-refractivity contribution in [2.45, 2.75) is 38.8 Å². The predicted octanol–water partition coefficient (Wildman–Crippen LogP) is 3.17. The number of nitrogens with zero attached hydrogens (tertiary/aromatic N) is 1. The second kappa shape index (κ2) is 15.1. The minimum Gasteiger partial charge on any atom is -0.496 e. The molecule has 0 spiro atoms. The number of methoxy groups -OCH3 is 1.